The van der Waals surface area contributed by atoms with Crippen LogP contribution in [0.5, 0.6) is 0 Å². The van der Waals surface area contributed by atoms with Gasteiger partial charge in [0.1, 0.15) is 0 Å². The van der Waals surface area contributed by atoms with Gasteiger partial charge in [0.25, 0.3) is 0 Å². The Balaban J connectivity index is 2.77. The summed E-state index contributed by atoms with van der Waals surface area (Å²) in [5.41, 5.74) is 5.88. The third kappa shape index (κ3) is 2.18. The largest absolute Gasteiger partial charge is 0.438 e. The van der Waals surface area contributed by atoms with Gasteiger partial charge in [0.15, 0.2) is 5.82 Å². The SMILES string of the molecule is CCC(CC)C(N)c1noc(=O)[nH]1. The van der Waals surface area contributed by atoms with Crippen molar-refractivity contribution < 1.29 is 4.52 Å². The summed E-state index contributed by atoms with van der Waals surface area (Å²) in [4.78, 5) is 13.1. The summed E-state index contributed by atoms with van der Waals surface area (Å²) in [6, 6.07) is -0.235. The summed E-state index contributed by atoms with van der Waals surface area (Å²) in [6.07, 6.45) is 1.93. The third-order valence-corrected chi connectivity index (χ3v) is 2.33. The molecule has 0 fully saturated rings. The fourth-order valence-corrected chi connectivity index (χ4v) is 1.40. The lowest BCUT2D eigenvalue weighted by Gasteiger charge is -2.17. The molecule has 0 bridgehead atoms. The predicted octanol–water partition coefficient (Wildman–Crippen LogP) is 0.799. The predicted molar refractivity (Wildman–Crippen MR) is 48.1 cm³/mol. The molecule has 0 aliphatic heterocycles. The van der Waals surface area contributed by atoms with Crippen LogP contribution in [0.4, 0.5) is 0 Å². The van der Waals surface area contributed by atoms with E-state index in [4.69, 9.17) is 5.73 Å². The van der Waals surface area contributed by atoms with E-state index in [2.05, 4.69) is 28.5 Å². The zero-order valence-corrected chi connectivity index (χ0v) is 7.91. The monoisotopic (exact) mass is 185 g/mol. The van der Waals surface area contributed by atoms with E-state index in [1.807, 2.05) is 0 Å². The number of H-pyrrole nitrogens is 1. The van der Waals surface area contributed by atoms with Gasteiger partial charge in [0.05, 0.1) is 6.04 Å². The maximum absolute atomic E-state index is 10.7. The lowest BCUT2D eigenvalue weighted by Crippen LogP contribution is -2.22. The Kier molecular flexibility index (Phi) is 3.25. The molecule has 5 heteroatoms. The van der Waals surface area contributed by atoms with Crippen LogP contribution in [0.1, 0.15) is 38.6 Å². The summed E-state index contributed by atoms with van der Waals surface area (Å²) >= 11 is 0. The van der Waals surface area contributed by atoms with Crippen LogP contribution in [0.2, 0.25) is 0 Å². The van der Waals surface area contributed by atoms with Crippen LogP contribution in [0.3, 0.4) is 0 Å². The van der Waals surface area contributed by atoms with E-state index in [0.29, 0.717) is 11.7 Å². The second-order valence-electron chi connectivity index (χ2n) is 3.08. The number of hydrogen-bond donors (Lipinski definition) is 2. The van der Waals surface area contributed by atoms with Crippen LogP contribution in [0.25, 0.3) is 0 Å². The average molecular weight is 185 g/mol. The topological polar surface area (TPSA) is 84.9 Å². The number of nitrogens with two attached hydrogens (primary N) is 1. The van der Waals surface area contributed by atoms with Gasteiger partial charge in [-0.3, -0.25) is 9.51 Å². The number of rotatable bonds is 4. The zero-order chi connectivity index (χ0) is 9.84. The first kappa shape index (κ1) is 9.98. The van der Waals surface area contributed by atoms with Crippen molar-refractivity contribution in [1.82, 2.24) is 10.1 Å². The third-order valence-electron chi connectivity index (χ3n) is 2.33. The normalized spacial score (nSPS) is 13.5. The Morgan fingerprint density at radius 3 is 2.54 bits per heavy atom. The molecule has 5 nitrogen and oxygen atoms in total. The van der Waals surface area contributed by atoms with Gasteiger partial charge in [-0.2, -0.15) is 0 Å². The minimum Gasteiger partial charge on any atom is -0.321 e. The molecule has 1 heterocycles. The number of aromatic amines is 1. The Hall–Kier alpha value is -1.10. The van der Waals surface area contributed by atoms with Crippen molar-refractivity contribution in [3.05, 3.63) is 16.4 Å². The number of hydrogen-bond acceptors (Lipinski definition) is 4. The highest BCUT2D eigenvalue weighted by atomic mass is 16.5. The summed E-state index contributed by atoms with van der Waals surface area (Å²) in [5.74, 6) is 0.232. The fourth-order valence-electron chi connectivity index (χ4n) is 1.40. The van der Waals surface area contributed by atoms with Crippen molar-refractivity contribution in [2.45, 2.75) is 32.7 Å². The van der Waals surface area contributed by atoms with Gasteiger partial charge >= 0.3 is 5.76 Å². The molecule has 1 rings (SSSR count). The average Bonchev–Trinajstić information content (AvgIpc) is 2.54. The van der Waals surface area contributed by atoms with Gasteiger partial charge in [-0.25, -0.2) is 4.79 Å². The molecule has 0 aliphatic carbocycles. The second-order valence-corrected chi connectivity index (χ2v) is 3.08. The smallest absolute Gasteiger partial charge is 0.321 e. The van der Waals surface area contributed by atoms with E-state index in [-0.39, 0.29) is 6.04 Å². The lowest BCUT2D eigenvalue weighted by molar-refractivity contribution is 0.350. The van der Waals surface area contributed by atoms with Crippen LogP contribution >= 0.6 is 0 Å². The van der Waals surface area contributed by atoms with Gasteiger partial charge in [-0.1, -0.05) is 31.8 Å². The molecule has 0 spiro atoms. The molecule has 0 aliphatic rings. The number of nitrogens with zero attached hydrogens (tertiary/aromatic N) is 1. The standard InChI is InChI=1S/C8H15N3O2/c1-3-5(4-2)6(9)7-10-8(12)13-11-7/h5-6H,3-4,9H2,1-2H3,(H,10,11,12). The molecule has 1 unspecified atom stereocenters. The minimum atomic E-state index is -0.545. The lowest BCUT2D eigenvalue weighted by atomic mass is 9.94. The van der Waals surface area contributed by atoms with Crippen molar-refractivity contribution in [2.24, 2.45) is 11.7 Å². The van der Waals surface area contributed by atoms with Gasteiger partial charge in [-0.05, 0) is 5.92 Å². The van der Waals surface area contributed by atoms with Crippen molar-refractivity contribution >= 4 is 0 Å². The first-order valence-corrected chi connectivity index (χ1v) is 4.50. The Bertz CT molecular complexity index is 300. The molecule has 13 heavy (non-hydrogen) atoms. The van der Waals surface area contributed by atoms with Crippen LogP contribution in [0, 0.1) is 5.92 Å². The van der Waals surface area contributed by atoms with Crippen LogP contribution in [-0.4, -0.2) is 10.1 Å². The molecule has 0 radical (unpaired) electrons. The van der Waals surface area contributed by atoms with Crippen LogP contribution in [-0.2, 0) is 0 Å². The first-order chi connectivity index (χ1) is 6.19. The van der Waals surface area contributed by atoms with E-state index >= 15 is 0 Å². The highest BCUT2D eigenvalue weighted by molar-refractivity contribution is 4.91. The van der Waals surface area contributed by atoms with Crippen molar-refractivity contribution in [3.8, 4) is 0 Å². The Morgan fingerprint density at radius 2 is 2.15 bits per heavy atom. The van der Waals surface area contributed by atoms with E-state index in [9.17, 15) is 4.79 Å². The molecular weight excluding hydrogens is 170 g/mol. The van der Waals surface area contributed by atoms with Crippen molar-refractivity contribution in [1.29, 1.82) is 0 Å². The molecule has 3 N–H and O–H groups in total. The molecular formula is C8H15N3O2. The molecule has 0 saturated heterocycles. The maximum atomic E-state index is 10.7. The summed E-state index contributed by atoms with van der Waals surface area (Å²) < 4.78 is 4.38. The van der Waals surface area contributed by atoms with Crippen molar-refractivity contribution in [2.75, 3.05) is 0 Å². The summed E-state index contributed by atoms with van der Waals surface area (Å²) in [7, 11) is 0. The van der Waals surface area contributed by atoms with E-state index in [1.165, 1.54) is 0 Å². The van der Waals surface area contributed by atoms with Gasteiger partial charge in [0, 0.05) is 0 Å². The van der Waals surface area contributed by atoms with Gasteiger partial charge < -0.3 is 5.73 Å². The van der Waals surface area contributed by atoms with Crippen LogP contribution in [0.15, 0.2) is 9.32 Å². The zero-order valence-electron chi connectivity index (χ0n) is 7.91. The molecule has 0 saturated carbocycles. The fraction of sp³-hybridized carbons (Fsp3) is 0.750. The molecule has 0 aromatic carbocycles. The number of nitrogens with one attached hydrogen (secondary N) is 1. The highest BCUT2D eigenvalue weighted by Crippen LogP contribution is 2.21. The Labute approximate surface area is 76.3 Å². The van der Waals surface area contributed by atoms with Crippen LogP contribution < -0.4 is 11.5 Å². The van der Waals surface area contributed by atoms with E-state index in [1.54, 1.807) is 0 Å². The first-order valence-electron chi connectivity index (χ1n) is 4.50. The van der Waals surface area contributed by atoms with Gasteiger partial charge in [-0.15, -0.1) is 0 Å². The molecule has 1 aromatic rings. The molecule has 0 amide bonds. The van der Waals surface area contributed by atoms with E-state index < -0.39 is 5.76 Å². The molecule has 1 atom stereocenters. The summed E-state index contributed by atoms with van der Waals surface area (Å²) in [5, 5.41) is 3.56. The molecule has 74 valence electrons. The Morgan fingerprint density at radius 1 is 1.54 bits per heavy atom. The number of aromatic nitrogens is 2. The quantitative estimate of drug-likeness (QED) is 0.726. The van der Waals surface area contributed by atoms with Crippen molar-refractivity contribution in [3.63, 3.8) is 0 Å². The minimum absolute atomic E-state index is 0.235. The maximum Gasteiger partial charge on any atom is 0.438 e. The summed E-state index contributed by atoms with van der Waals surface area (Å²) in [6.45, 7) is 4.12. The highest BCUT2D eigenvalue weighted by Gasteiger charge is 2.19. The van der Waals surface area contributed by atoms with E-state index in [0.717, 1.165) is 12.8 Å². The second kappa shape index (κ2) is 4.23. The van der Waals surface area contributed by atoms with Gasteiger partial charge in [0.2, 0.25) is 0 Å². The molecule has 1 aromatic heterocycles.